The molecule has 0 saturated heterocycles. The van der Waals surface area contributed by atoms with E-state index in [-0.39, 0.29) is 12.5 Å². The van der Waals surface area contributed by atoms with Gasteiger partial charge in [-0.25, -0.2) is 4.79 Å². The first-order valence-electron chi connectivity index (χ1n) is 6.70. The maximum absolute atomic E-state index is 12.1. The van der Waals surface area contributed by atoms with Crippen molar-refractivity contribution in [3.05, 3.63) is 30.3 Å². The van der Waals surface area contributed by atoms with Gasteiger partial charge >= 0.3 is 12.1 Å². The summed E-state index contributed by atoms with van der Waals surface area (Å²) in [5.74, 6) is 0.251. The lowest BCUT2D eigenvalue weighted by Gasteiger charge is -2.22. The number of amides is 1. The van der Waals surface area contributed by atoms with E-state index in [0.717, 1.165) is 0 Å². The maximum Gasteiger partial charge on any atom is 0.415 e. The molecule has 0 spiro atoms. The third-order valence-electron chi connectivity index (χ3n) is 2.42. The highest BCUT2D eigenvalue weighted by Crippen LogP contribution is 2.11. The summed E-state index contributed by atoms with van der Waals surface area (Å²) in [5, 5.41) is 0. The van der Waals surface area contributed by atoms with Crippen LogP contribution >= 0.6 is 0 Å². The lowest BCUT2D eigenvalue weighted by Crippen LogP contribution is -2.40. The molecule has 5 nitrogen and oxygen atoms in total. The maximum atomic E-state index is 12.1. The van der Waals surface area contributed by atoms with Crippen LogP contribution in [0.4, 0.5) is 4.79 Å². The van der Waals surface area contributed by atoms with Gasteiger partial charge in [-0.2, -0.15) is 0 Å². The van der Waals surface area contributed by atoms with Crippen LogP contribution in [0.15, 0.2) is 30.3 Å². The van der Waals surface area contributed by atoms with E-state index in [1.807, 2.05) is 19.9 Å². The molecule has 1 aromatic carbocycles. The number of nitrogens with zero attached hydrogens (tertiary/aromatic N) is 1. The van der Waals surface area contributed by atoms with Crippen LogP contribution in [0.1, 0.15) is 20.8 Å². The van der Waals surface area contributed by atoms with Gasteiger partial charge in [0.2, 0.25) is 0 Å². The number of para-hydroxylation sites is 1. The minimum atomic E-state index is -0.544. The van der Waals surface area contributed by atoms with Crippen molar-refractivity contribution in [3.8, 4) is 5.75 Å². The van der Waals surface area contributed by atoms with Crippen molar-refractivity contribution in [1.82, 2.24) is 4.90 Å². The van der Waals surface area contributed by atoms with E-state index in [2.05, 4.69) is 0 Å². The number of carbonyl (C=O) groups is 2. The molecule has 0 radical (unpaired) electrons. The van der Waals surface area contributed by atoms with Crippen molar-refractivity contribution in [2.24, 2.45) is 5.92 Å². The lowest BCUT2D eigenvalue weighted by molar-refractivity contribution is -0.144. The number of ether oxygens (including phenoxy) is 2. The average Bonchev–Trinajstić information content (AvgIpc) is 2.39. The second-order valence-electron chi connectivity index (χ2n) is 4.76. The molecule has 0 saturated carbocycles. The Kier molecular flexibility index (Phi) is 6.56. The smallest absolute Gasteiger partial charge is 0.415 e. The number of rotatable bonds is 6. The summed E-state index contributed by atoms with van der Waals surface area (Å²) in [6.07, 6.45) is -0.544. The fraction of sp³-hybridized carbons (Fsp3) is 0.467. The molecule has 1 aromatic rings. The van der Waals surface area contributed by atoms with Crippen LogP contribution < -0.4 is 4.74 Å². The Balaban J connectivity index is 2.66. The average molecular weight is 279 g/mol. The van der Waals surface area contributed by atoms with Crippen LogP contribution in [0.25, 0.3) is 0 Å². The standard InChI is InChI=1S/C15H21NO4/c1-4-19-14(17)11-16(10-12(2)3)15(18)20-13-8-6-5-7-9-13/h5-9,12H,4,10-11H2,1-3H3. The van der Waals surface area contributed by atoms with Crippen LogP contribution in [-0.2, 0) is 9.53 Å². The number of benzene rings is 1. The van der Waals surface area contributed by atoms with E-state index in [0.29, 0.717) is 18.9 Å². The number of esters is 1. The molecule has 1 rings (SSSR count). The monoisotopic (exact) mass is 279 g/mol. The quantitative estimate of drug-likeness (QED) is 0.751. The van der Waals surface area contributed by atoms with E-state index in [4.69, 9.17) is 9.47 Å². The molecule has 0 aliphatic carbocycles. The normalized spacial score (nSPS) is 10.2. The highest BCUT2D eigenvalue weighted by Gasteiger charge is 2.20. The zero-order valence-corrected chi connectivity index (χ0v) is 12.2. The van der Waals surface area contributed by atoms with Crippen molar-refractivity contribution in [1.29, 1.82) is 0 Å². The van der Waals surface area contributed by atoms with Gasteiger partial charge < -0.3 is 9.47 Å². The molecule has 0 aliphatic rings. The highest BCUT2D eigenvalue weighted by atomic mass is 16.6. The summed E-state index contributed by atoms with van der Waals surface area (Å²) in [4.78, 5) is 25.0. The van der Waals surface area contributed by atoms with Gasteiger partial charge in [-0.3, -0.25) is 9.69 Å². The minimum Gasteiger partial charge on any atom is -0.465 e. The first-order valence-corrected chi connectivity index (χ1v) is 6.70. The summed E-state index contributed by atoms with van der Waals surface area (Å²) in [6.45, 7) is 6.29. The largest absolute Gasteiger partial charge is 0.465 e. The fourth-order valence-corrected chi connectivity index (χ4v) is 1.66. The summed E-state index contributed by atoms with van der Waals surface area (Å²) in [6, 6.07) is 8.77. The summed E-state index contributed by atoms with van der Waals surface area (Å²) >= 11 is 0. The Morgan fingerprint density at radius 1 is 1.20 bits per heavy atom. The van der Waals surface area contributed by atoms with E-state index in [1.54, 1.807) is 31.2 Å². The molecule has 1 amide bonds. The van der Waals surface area contributed by atoms with Crippen molar-refractivity contribution < 1.29 is 19.1 Å². The van der Waals surface area contributed by atoms with Gasteiger partial charge in [0, 0.05) is 6.54 Å². The zero-order valence-electron chi connectivity index (χ0n) is 12.2. The van der Waals surface area contributed by atoms with Crippen molar-refractivity contribution in [2.75, 3.05) is 19.7 Å². The molecule has 0 atom stereocenters. The van der Waals surface area contributed by atoms with E-state index < -0.39 is 12.1 Å². The van der Waals surface area contributed by atoms with Gasteiger partial charge in [-0.15, -0.1) is 0 Å². The van der Waals surface area contributed by atoms with E-state index >= 15 is 0 Å². The van der Waals surface area contributed by atoms with Gasteiger partial charge in [-0.1, -0.05) is 32.0 Å². The molecule has 0 bridgehead atoms. The zero-order chi connectivity index (χ0) is 15.0. The molecular weight excluding hydrogens is 258 g/mol. The molecule has 0 N–H and O–H groups in total. The molecule has 20 heavy (non-hydrogen) atoms. The van der Waals surface area contributed by atoms with Gasteiger partial charge in [0.05, 0.1) is 6.61 Å². The third kappa shape index (κ3) is 5.73. The fourth-order valence-electron chi connectivity index (χ4n) is 1.66. The summed E-state index contributed by atoms with van der Waals surface area (Å²) in [7, 11) is 0. The third-order valence-corrected chi connectivity index (χ3v) is 2.42. The topological polar surface area (TPSA) is 55.8 Å². The number of hydrogen-bond acceptors (Lipinski definition) is 4. The molecule has 0 aliphatic heterocycles. The number of carbonyl (C=O) groups excluding carboxylic acids is 2. The Hall–Kier alpha value is -2.04. The molecule has 0 unspecified atom stereocenters. The Bertz CT molecular complexity index is 431. The van der Waals surface area contributed by atoms with Crippen LogP contribution in [0, 0.1) is 5.92 Å². The van der Waals surface area contributed by atoms with Crippen molar-refractivity contribution in [3.63, 3.8) is 0 Å². The van der Waals surface area contributed by atoms with Gasteiger partial charge in [0.15, 0.2) is 0 Å². The summed E-state index contributed by atoms with van der Waals surface area (Å²) in [5.41, 5.74) is 0. The second-order valence-corrected chi connectivity index (χ2v) is 4.76. The predicted octanol–water partition coefficient (Wildman–Crippen LogP) is 2.71. The molecule has 110 valence electrons. The second kappa shape index (κ2) is 8.19. The van der Waals surface area contributed by atoms with Crippen LogP contribution in [0.3, 0.4) is 0 Å². The van der Waals surface area contributed by atoms with Crippen molar-refractivity contribution in [2.45, 2.75) is 20.8 Å². The van der Waals surface area contributed by atoms with Crippen molar-refractivity contribution >= 4 is 12.1 Å². The van der Waals surface area contributed by atoms with Crippen LogP contribution in [0.5, 0.6) is 5.75 Å². The highest BCUT2D eigenvalue weighted by molar-refractivity contribution is 5.79. The first-order chi connectivity index (χ1) is 9.52. The van der Waals surface area contributed by atoms with Gasteiger partial charge in [0.1, 0.15) is 12.3 Å². The van der Waals surface area contributed by atoms with Crippen LogP contribution in [0.2, 0.25) is 0 Å². The summed E-state index contributed by atoms with van der Waals surface area (Å²) < 4.78 is 10.1. The molecular formula is C15H21NO4. The first kappa shape index (κ1) is 16.0. The molecule has 5 heteroatoms. The molecule has 0 aromatic heterocycles. The Morgan fingerprint density at radius 3 is 2.40 bits per heavy atom. The molecule has 0 fully saturated rings. The van der Waals surface area contributed by atoms with Crippen LogP contribution in [-0.4, -0.2) is 36.7 Å². The Labute approximate surface area is 119 Å². The van der Waals surface area contributed by atoms with E-state index in [9.17, 15) is 9.59 Å². The van der Waals surface area contributed by atoms with Gasteiger partial charge in [0.25, 0.3) is 0 Å². The number of hydrogen-bond donors (Lipinski definition) is 0. The van der Waals surface area contributed by atoms with E-state index in [1.165, 1.54) is 4.90 Å². The SMILES string of the molecule is CCOC(=O)CN(CC(C)C)C(=O)Oc1ccccc1. The van der Waals surface area contributed by atoms with Gasteiger partial charge in [-0.05, 0) is 25.0 Å². The predicted molar refractivity (Wildman–Crippen MR) is 75.5 cm³/mol. The minimum absolute atomic E-state index is 0.0995. The lowest BCUT2D eigenvalue weighted by atomic mass is 10.2. The molecule has 0 heterocycles. The Morgan fingerprint density at radius 2 is 1.85 bits per heavy atom.